The Balaban J connectivity index is 1.13. The van der Waals surface area contributed by atoms with Gasteiger partial charge in [0.1, 0.15) is 5.82 Å². The Labute approximate surface area is 300 Å². The quantitative estimate of drug-likeness (QED) is 0.201. The first-order chi connectivity index (χ1) is 23.6. The molecule has 7 rings (SSSR count). The van der Waals surface area contributed by atoms with Gasteiger partial charge >= 0.3 is 5.97 Å². The third kappa shape index (κ3) is 5.30. The molecule has 1 amide bonds. The monoisotopic (exact) mass is 686 g/mol. The van der Waals surface area contributed by atoms with E-state index in [-0.39, 0.29) is 27.2 Å². The highest BCUT2D eigenvalue weighted by molar-refractivity contribution is 5.88. The van der Waals surface area contributed by atoms with Gasteiger partial charge in [-0.25, -0.2) is 9.18 Å². The van der Waals surface area contributed by atoms with Crippen molar-refractivity contribution in [1.82, 2.24) is 10.2 Å². The van der Waals surface area contributed by atoms with Crippen LogP contribution in [-0.2, 0) is 4.79 Å². The first-order valence-corrected chi connectivity index (χ1v) is 20.0. The normalized spacial score (nSPS) is 40.4. The molecule has 1 heterocycles. The molecule has 1 aliphatic heterocycles. The van der Waals surface area contributed by atoms with Crippen LogP contribution in [0.2, 0.25) is 0 Å². The van der Waals surface area contributed by atoms with Gasteiger partial charge in [0.15, 0.2) is 0 Å². The van der Waals surface area contributed by atoms with E-state index in [0.717, 1.165) is 63.9 Å². The maximum atomic E-state index is 15.5. The molecule has 2 N–H and O–H groups in total. The molecule has 0 spiro atoms. The lowest BCUT2D eigenvalue weighted by atomic mass is 9.32. The number of carbonyl (C=O) groups excluding carboxylic acids is 1. The van der Waals surface area contributed by atoms with Crippen molar-refractivity contribution in [2.45, 2.75) is 119 Å². The van der Waals surface area contributed by atoms with Gasteiger partial charge in [0.05, 0.1) is 5.56 Å². The number of carboxylic acids is 1. The van der Waals surface area contributed by atoms with Crippen LogP contribution in [0.3, 0.4) is 0 Å². The molecule has 5 nitrogen and oxygen atoms in total. The number of hydrogen-bond donors (Lipinski definition) is 2. The molecule has 6 heteroatoms. The fourth-order valence-corrected chi connectivity index (χ4v) is 14.2. The Kier molecular flexibility index (Phi) is 9.04. The highest BCUT2D eigenvalue weighted by Gasteiger charge is 2.70. The molecule has 1 aromatic carbocycles. The van der Waals surface area contributed by atoms with E-state index in [1.165, 1.54) is 56.6 Å². The number of amides is 1. The zero-order valence-corrected chi connectivity index (χ0v) is 31.8. The molecule has 5 aliphatic carbocycles. The average molecular weight is 687 g/mol. The highest BCUT2D eigenvalue weighted by Crippen LogP contribution is 2.77. The Morgan fingerprint density at radius 2 is 1.80 bits per heavy atom. The van der Waals surface area contributed by atoms with Crippen molar-refractivity contribution in [3.63, 3.8) is 0 Å². The number of allylic oxidation sites excluding steroid dienone is 3. The van der Waals surface area contributed by atoms with Crippen LogP contribution in [0, 0.1) is 62.5 Å². The highest BCUT2D eigenvalue weighted by atomic mass is 19.1. The number of carbonyl (C=O) groups is 2. The Hall–Kier alpha value is -2.47. The number of nitrogens with one attached hydrogen (secondary N) is 1. The number of carboxylic acid groups (broad SMARTS) is 1. The molecule has 4 saturated carbocycles. The summed E-state index contributed by atoms with van der Waals surface area (Å²) in [5, 5.41) is 13.4. The zero-order chi connectivity index (χ0) is 35.9. The van der Waals surface area contributed by atoms with Gasteiger partial charge in [-0.3, -0.25) is 4.79 Å². The smallest absolute Gasteiger partial charge is 0.335 e. The van der Waals surface area contributed by atoms with Gasteiger partial charge in [-0.15, -0.1) is 0 Å². The summed E-state index contributed by atoms with van der Waals surface area (Å²) in [6, 6.07) is 4.45. The van der Waals surface area contributed by atoms with Crippen LogP contribution in [0.25, 0.3) is 5.57 Å². The molecule has 1 saturated heterocycles. The molecule has 50 heavy (non-hydrogen) atoms. The first-order valence-electron chi connectivity index (χ1n) is 20.0. The minimum atomic E-state index is -1.09. The molecule has 0 aromatic heterocycles. The Morgan fingerprint density at radius 3 is 2.48 bits per heavy atom. The lowest BCUT2D eigenvalue weighted by Crippen LogP contribution is -2.65. The Morgan fingerprint density at radius 1 is 1.02 bits per heavy atom. The van der Waals surface area contributed by atoms with Crippen LogP contribution in [0.15, 0.2) is 36.4 Å². The van der Waals surface area contributed by atoms with Crippen LogP contribution in [0.1, 0.15) is 135 Å². The van der Waals surface area contributed by atoms with E-state index in [9.17, 15) is 14.7 Å². The summed E-state index contributed by atoms with van der Waals surface area (Å²) in [6.45, 7) is 23.4. The van der Waals surface area contributed by atoms with E-state index in [1.54, 1.807) is 12.1 Å². The summed E-state index contributed by atoms with van der Waals surface area (Å²) in [5.41, 5.74) is 3.74. The largest absolute Gasteiger partial charge is 0.478 e. The number of likely N-dealkylation sites (tertiary alicyclic amines) is 1. The van der Waals surface area contributed by atoms with E-state index in [4.69, 9.17) is 0 Å². The second-order valence-corrected chi connectivity index (χ2v) is 19.1. The molecule has 9 unspecified atom stereocenters. The SMILES string of the molecule is C=C(C)C1CCC2(CNCCCN3CCCC3=O)CCC3(C)C(CCC4C5(C)CC=C(c6ccc(C(=O)O)cc6F)C(C)(C)C5CCC43C)C12. The molecule has 274 valence electrons. The maximum Gasteiger partial charge on any atom is 0.335 e. The zero-order valence-electron chi connectivity index (χ0n) is 31.8. The number of rotatable bonds is 9. The fourth-order valence-electron chi connectivity index (χ4n) is 14.2. The second-order valence-electron chi connectivity index (χ2n) is 19.1. The fraction of sp³-hybridized carbons (Fsp3) is 0.727. The van der Waals surface area contributed by atoms with Crippen LogP contribution >= 0.6 is 0 Å². The maximum absolute atomic E-state index is 15.5. The van der Waals surface area contributed by atoms with E-state index in [2.05, 4.69) is 64.4 Å². The summed E-state index contributed by atoms with van der Waals surface area (Å²) >= 11 is 0. The van der Waals surface area contributed by atoms with Crippen LogP contribution < -0.4 is 5.32 Å². The van der Waals surface area contributed by atoms with E-state index in [1.807, 2.05) is 0 Å². The number of hydrogen-bond acceptors (Lipinski definition) is 3. The molecule has 9 atom stereocenters. The predicted octanol–water partition coefficient (Wildman–Crippen LogP) is 9.78. The molecule has 1 aromatic rings. The minimum absolute atomic E-state index is 0.00221. The van der Waals surface area contributed by atoms with Gasteiger partial charge in [-0.2, -0.15) is 0 Å². The van der Waals surface area contributed by atoms with Crippen LogP contribution in [-0.4, -0.2) is 48.1 Å². The first kappa shape index (κ1) is 35.9. The summed E-state index contributed by atoms with van der Waals surface area (Å²) < 4.78 is 15.5. The van der Waals surface area contributed by atoms with Gasteiger partial charge in [0.25, 0.3) is 0 Å². The van der Waals surface area contributed by atoms with Gasteiger partial charge in [0, 0.05) is 31.6 Å². The van der Waals surface area contributed by atoms with Crippen LogP contribution in [0.5, 0.6) is 0 Å². The van der Waals surface area contributed by atoms with Crippen molar-refractivity contribution in [3.05, 3.63) is 53.4 Å². The van der Waals surface area contributed by atoms with Gasteiger partial charge in [-0.05, 0) is 158 Å². The molecular weight excluding hydrogens is 623 g/mol. The van der Waals surface area contributed by atoms with Crippen molar-refractivity contribution < 1.29 is 19.1 Å². The van der Waals surface area contributed by atoms with Gasteiger partial charge in [-0.1, -0.05) is 58.9 Å². The summed E-state index contributed by atoms with van der Waals surface area (Å²) in [7, 11) is 0. The lowest BCUT2D eigenvalue weighted by molar-refractivity contribution is -0.225. The van der Waals surface area contributed by atoms with E-state index >= 15 is 4.39 Å². The van der Waals surface area contributed by atoms with Crippen LogP contribution in [0.4, 0.5) is 4.39 Å². The number of fused-ring (bicyclic) bond motifs is 7. The van der Waals surface area contributed by atoms with Crippen molar-refractivity contribution in [3.8, 4) is 0 Å². The lowest BCUT2D eigenvalue weighted by Gasteiger charge is -2.72. The number of halogens is 1. The second kappa shape index (κ2) is 12.6. The third-order valence-electron chi connectivity index (χ3n) is 16.8. The topological polar surface area (TPSA) is 69.6 Å². The van der Waals surface area contributed by atoms with Crippen molar-refractivity contribution in [2.75, 3.05) is 26.2 Å². The number of aromatic carboxylic acids is 1. The molecule has 5 fully saturated rings. The molecule has 0 bridgehead atoms. The molecule has 0 radical (unpaired) electrons. The molecular formula is C44H63FN2O3. The minimum Gasteiger partial charge on any atom is -0.478 e. The summed E-state index contributed by atoms with van der Waals surface area (Å²) in [5.74, 6) is 1.81. The number of nitrogens with zero attached hydrogens (tertiary/aromatic N) is 1. The predicted molar refractivity (Wildman–Crippen MR) is 199 cm³/mol. The third-order valence-corrected chi connectivity index (χ3v) is 16.8. The van der Waals surface area contributed by atoms with E-state index in [0.29, 0.717) is 46.5 Å². The van der Waals surface area contributed by atoms with Crippen molar-refractivity contribution >= 4 is 17.4 Å². The average Bonchev–Trinajstić information content (AvgIpc) is 3.65. The van der Waals surface area contributed by atoms with Crippen molar-refractivity contribution in [1.29, 1.82) is 0 Å². The standard InChI is InChI=1S/C44H63FN2O3/c1-28(2)30-15-20-44(27-46-23-9-25-47-24-8-10-37(47)48)22-21-42(6)33(38(30)44)13-14-36-41(5)18-16-32(31-12-11-29(39(49)50)26-34(31)45)40(3,4)35(41)17-19-43(36,42)7/h11-12,16,26,30,33,35-36,38,46H,1,8-10,13-15,17-25,27H2,2-7H3,(H,49,50). The summed E-state index contributed by atoms with van der Waals surface area (Å²) in [6.07, 6.45) is 16.1. The molecule has 6 aliphatic rings. The van der Waals surface area contributed by atoms with Gasteiger partial charge < -0.3 is 15.3 Å². The Bertz CT molecular complexity index is 1580. The van der Waals surface area contributed by atoms with E-state index < -0.39 is 11.8 Å². The number of benzene rings is 1. The van der Waals surface area contributed by atoms with Crippen molar-refractivity contribution in [2.24, 2.45) is 56.7 Å². The summed E-state index contributed by atoms with van der Waals surface area (Å²) in [4.78, 5) is 25.7. The van der Waals surface area contributed by atoms with Gasteiger partial charge in [0.2, 0.25) is 5.91 Å².